The molecular formula is C25H27ClN2O. The Balaban J connectivity index is 1.58. The highest BCUT2D eigenvalue weighted by atomic mass is 35.5. The summed E-state index contributed by atoms with van der Waals surface area (Å²) in [5.41, 5.74) is 3.08. The molecule has 1 amide bonds. The topological polar surface area (TPSA) is 25.2 Å². The maximum atomic E-state index is 13.4. The summed E-state index contributed by atoms with van der Waals surface area (Å²) in [6.07, 6.45) is 7.94. The molecule has 0 unspecified atom stereocenters. The lowest BCUT2D eigenvalue weighted by molar-refractivity contribution is 0.0608. The van der Waals surface area contributed by atoms with Gasteiger partial charge in [0.05, 0.1) is 6.54 Å². The van der Waals surface area contributed by atoms with Crippen LogP contribution in [0.5, 0.6) is 0 Å². The minimum atomic E-state index is 0.132. The third-order valence-electron chi connectivity index (χ3n) is 5.79. The molecule has 0 bridgehead atoms. The molecule has 0 saturated heterocycles. The van der Waals surface area contributed by atoms with Crippen LogP contribution < -0.4 is 0 Å². The van der Waals surface area contributed by atoms with Crippen LogP contribution in [0, 0.1) is 0 Å². The predicted molar refractivity (Wildman–Crippen MR) is 118 cm³/mol. The van der Waals surface area contributed by atoms with Gasteiger partial charge in [0, 0.05) is 35.1 Å². The molecule has 1 fully saturated rings. The fourth-order valence-corrected chi connectivity index (χ4v) is 4.47. The largest absolute Gasteiger partial charge is 0.345 e. The Bertz CT molecular complexity index is 944. The van der Waals surface area contributed by atoms with Crippen LogP contribution in [-0.4, -0.2) is 21.4 Å². The molecule has 1 heterocycles. The second-order valence-electron chi connectivity index (χ2n) is 7.85. The van der Waals surface area contributed by atoms with Crippen molar-refractivity contribution in [3.8, 4) is 0 Å². The summed E-state index contributed by atoms with van der Waals surface area (Å²) in [5, 5.41) is 0.749. The van der Waals surface area contributed by atoms with Crippen LogP contribution >= 0.6 is 11.6 Å². The first-order valence-electron chi connectivity index (χ1n) is 10.5. The van der Waals surface area contributed by atoms with E-state index in [4.69, 9.17) is 11.6 Å². The maximum Gasteiger partial charge on any atom is 0.254 e. The fraction of sp³-hybridized carbons (Fsp3) is 0.320. The van der Waals surface area contributed by atoms with Crippen LogP contribution in [-0.2, 0) is 13.1 Å². The fourth-order valence-electron chi connectivity index (χ4n) is 4.26. The Labute approximate surface area is 177 Å². The molecule has 4 rings (SSSR count). The van der Waals surface area contributed by atoms with E-state index in [1.54, 1.807) is 0 Å². The molecule has 0 aliphatic heterocycles. The molecule has 0 N–H and O–H groups in total. The Hall–Kier alpha value is -2.52. The number of aromatic nitrogens is 1. The van der Waals surface area contributed by atoms with Gasteiger partial charge in [-0.05, 0) is 54.8 Å². The Morgan fingerprint density at radius 1 is 0.966 bits per heavy atom. The summed E-state index contributed by atoms with van der Waals surface area (Å²) in [6.45, 7) is 1.38. The van der Waals surface area contributed by atoms with E-state index in [2.05, 4.69) is 33.9 Å². The van der Waals surface area contributed by atoms with E-state index in [1.807, 2.05) is 48.5 Å². The summed E-state index contributed by atoms with van der Waals surface area (Å²) >= 11 is 6.16. The number of hydrogen-bond donors (Lipinski definition) is 0. The molecule has 1 aromatic heterocycles. The van der Waals surface area contributed by atoms with E-state index in [-0.39, 0.29) is 5.91 Å². The van der Waals surface area contributed by atoms with Crippen molar-refractivity contribution >= 4 is 17.5 Å². The van der Waals surface area contributed by atoms with Crippen molar-refractivity contribution in [1.29, 1.82) is 0 Å². The van der Waals surface area contributed by atoms with Crippen LogP contribution in [0.3, 0.4) is 0 Å². The molecule has 2 aromatic carbocycles. The minimum absolute atomic E-state index is 0.132. The van der Waals surface area contributed by atoms with E-state index in [0.717, 1.165) is 41.2 Å². The van der Waals surface area contributed by atoms with Crippen molar-refractivity contribution in [3.05, 3.63) is 94.8 Å². The predicted octanol–water partition coefficient (Wildman–Crippen LogP) is 6.16. The van der Waals surface area contributed by atoms with E-state index in [0.29, 0.717) is 12.6 Å². The second kappa shape index (κ2) is 9.32. The lowest BCUT2D eigenvalue weighted by atomic mass is 9.93. The molecule has 3 aromatic rings. The molecular weight excluding hydrogens is 380 g/mol. The molecule has 0 radical (unpaired) electrons. The second-order valence-corrected chi connectivity index (χ2v) is 8.28. The summed E-state index contributed by atoms with van der Waals surface area (Å²) in [4.78, 5) is 15.5. The number of amides is 1. The number of nitrogens with zero attached hydrogens (tertiary/aromatic N) is 2. The third-order valence-corrected chi connectivity index (χ3v) is 6.03. The average molecular weight is 407 g/mol. The number of rotatable bonds is 6. The number of hydrogen-bond acceptors (Lipinski definition) is 1. The maximum absolute atomic E-state index is 13.4. The van der Waals surface area contributed by atoms with Crippen LogP contribution in [0.15, 0.2) is 72.9 Å². The van der Waals surface area contributed by atoms with E-state index >= 15 is 0 Å². The molecule has 0 atom stereocenters. The van der Waals surface area contributed by atoms with Crippen LogP contribution in [0.4, 0.5) is 0 Å². The van der Waals surface area contributed by atoms with Crippen molar-refractivity contribution in [1.82, 2.24) is 9.47 Å². The Kier molecular flexibility index (Phi) is 6.36. The first kappa shape index (κ1) is 19.8. The minimum Gasteiger partial charge on any atom is -0.345 e. The number of benzene rings is 2. The van der Waals surface area contributed by atoms with Gasteiger partial charge in [-0.25, -0.2) is 0 Å². The number of carbonyl (C=O) groups excluding carboxylic acids is 1. The van der Waals surface area contributed by atoms with Gasteiger partial charge >= 0.3 is 0 Å². The summed E-state index contributed by atoms with van der Waals surface area (Å²) in [6, 6.07) is 22.1. The first-order chi connectivity index (χ1) is 14.2. The molecule has 4 heteroatoms. The van der Waals surface area contributed by atoms with Gasteiger partial charge < -0.3 is 9.47 Å². The van der Waals surface area contributed by atoms with Gasteiger partial charge in [0.1, 0.15) is 0 Å². The Morgan fingerprint density at radius 2 is 1.76 bits per heavy atom. The summed E-state index contributed by atoms with van der Waals surface area (Å²) in [7, 11) is 0. The number of carbonyl (C=O) groups is 1. The standard InChI is InChI=1S/C25H27ClN2O/c26-22-12-7-9-20(17-22)18-27-16-8-15-24(27)19-28(23-13-5-2-6-14-23)25(29)21-10-3-1-4-11-21/h1,3-4,7-12,15-17,23H,2,5-6,13-14,18-19H2. The molecule has 3 nitrogen and oxygen atoms in total. The molecule has 1 saturated carbocycles. The van der Waals surface area contributed by atoms with Gasteiger partial charge in [-0.3, -0.25) is 4.79 Å². The van der Waals surface area contributed by atoms with Crippen LogP contribution in [0.2, 0.25) is 5.02 Å². The molecule has 29 heavy (non-hydrogen) atoms. The van der Waals surface area contributed by atoms with Crippen molar-refractivity contribution in [3.63, 3.8) is 0 Å². The van der Waals surface area contributed by atoms with Crippen molar-refractivity contribution in [2.45, 2.75) is 51.2 Å². The highest BCUT2D eigenvalue weighted by Crippen LogP contribution is 2.26. The SMILES string of the molecule is O=C(c1ccccc1)N(Cc1cccn1Cc1cccc(Cl)c1)C1CCCCC1. The molecule has 1 aliphatic carbocycles. The van der Waals surface area contributed by atoms with Gasteiger partial charge in [-0.2, -0.15) is 0 Å². The molecule has 1 aliphatic rings. The zero-order valence-corrected chi connectivity index (χ0v) is 17.4. The average Bonchev–Trinajstić information content (AvgIpc) is 3.19. The van der Waals surface area contributed by atoms with Gasteiger partial charge in [-0.1, -0.05) is 61.2 Å². The van der Waals surface area contributed by atoms with Crippen LogP contribution in [0.1, 0.15) is 53.7 Å². The van der Waals surface area contributed by atoms with Crippen molar-refractivity contribution in [2.75, 3.05) is 0 Å². The van der Waals surface area contributed by atoms with Gasteiger partial charge in [0.15, 0.2) is 0 Å². The first-order valence-corrected chi connectivity index (χ1v) is 10.8. The van der Waals surface area contributed by atoms with E-state index in [9.17, 15) is 4.79 Å². The zero-order valence-electron chi connectivity index (χ0n) is 16.6. The lowest BCUT2D eigenvalue weighted by Crippen LogP contribution is -2.41. The van der Waals surface area contributed by atoms with Crippen molar-refractivity contribution in [2.24, 2.45) is 0 Å². The third kappa shape index (κ3) is 4.91. The smallest absolute Gasteiger partial charge is 0.254 e. The quantitative estimate of drug-likeness (QED) is 0.480. The van der Waals surface area contributed by atoms with Gasteiger partial charge in [-0.15, -0.1) is 0 Å². The van der Waals surface area contributed by atoms with E-state index < -0.39 is 0 Å². The molecule has 150 valence electrons. The number of halogens is 1. The normalized spacial score (nSPS) is 14.7. The van der Waals surface area contributed by atoms with Crippen LogP contribution in [0.25, 0.3) is 0 Å². The zero-order chi connectivity index (χ0) is 20.1. The lowest BCUT2D eigenvalue weighted by Gasteiger charge is -2.35. The summed E-state index contributed by atoms with van der Waals surface area (Å²) in [5.74, 6) is 0.132. The van der Waals surface area contributed by atoms with Gasteiger partial charge in [0.2, 0.25) is 0 Å². The highest BCUT2D eigenvalue weighted by molar-refractivity contribution is 6.30. The van der Waals surface area contributed by atoms with E-state index in [1.165, 1.54) is 19.3 Å². The monoisotopic (exact) mass is 406 g/mol. The van der Waals surface area contributed by atoms with Gasteiger partial charge in [0.25, 0.3) is 5.91 Å². The Morgan fingerprint density at radius 3 is 2.52 bits per heavy atom. The highest BCUT2D eigenvalue weighted by Gasteiger charge is 2.27. The molecule has 0 spiro atoms. The van der Waals surface area contributed by atoms with Crippen molar-refractivity contribution < 1.29 is 4.79 Å². The summed E-state index contributed by atoms with van der Waals surface area (Å²) < 4.78 is 2.22.